The number of alkyl halides is 3. The van der Waals surface area contributed by atoms with Gasteiger partial charge in [0.05, 0.1) is 11.1 Å². The summed E-state index contributed by atoms with van der Waals surface area (Å²) in [5, 5.41) is 0. The van der Waals surface area contributed by atoms with Gasteiger partial charge in [0.25, 0.3) is 0 Å². The van der Waals surface area contributed by atoms with Crippen LogP contribution in [0.2, 0.25) is 0 Å². The van der Waals surface area contributed by atoms with Crippen molar-refractivity contribution in [2.24, 2.45) is 5.73 Å². The van der Waals surface area contributed by atoms with E-state index in [-0.39, 0.29) is 11.1 Å². The molecule has 1 aromatic carbocycles. The van der Waals surface area contributed by atoms with Gasteiger partial charge in [-0.2, -0.15) is 13.2 Å². The molecule has 2 N–H and O–H groups in total. The summed E-state index contributed by atoms with van der Waals surface area (Å²) in [5.74, 6) is -2.15. The van der Waals surface area contributed by atoms with E-state index < -0.39 is 24.7 Å². The maximum Gasteiger partial charge on any atom is 0.422 e. The SMILES string of the molecule is NC(=O)c1ccccc1C(=O)OCC(F)(F)F. The van der Waals surface area contributed by atoms with Crippen LogP contribution in [0.5, 0.6) is 0 Å². The molecule has 0 atom stereocenters. The number of ether oxygens (including phenoxy) is 1. The van der Waals surface area contributed by atoms with Gasteiger partial charge in [0, 0.05) is 0 Å². The molecule has 0 aliphatic rings. The molecule has 0 saturated carbocycles. The van der Waals surface area contributed by atoms with Gasteiger partial charge in [-0.05, 0) is 12.1 Å². The molecule has 0 heterocycles. The number of primary amides is 1. The molecule has 1 aromatic rings. The van der Waals surface area contributed by atoms with E-state index in [0.717, 1.165) is 0 Å². The molecule has 0 unspecified atom stereocenters. The van der Waals surface area contributed by atoms with Gasteiger partial charge in [-0.15, -0.1) is 0 Å². The number of nitrogens with two attached hydrogens (primary N) is 1. The van der Waals surface area contributed by atoms with Crippen molar-refractivity contribution in [1.82, 2.24) is 0 Å². The molecule has 0 bridgehead atoms. The fourth-order valence-corrected chi connectivity index (χ4v) is 1.10. The van der Waals surface area contributed by atoms with Crippen LogP contribution in [0.3, 0.4) is 0 Å². The summed E-state index contributed by atoms with van der Waals surface area (Å²) in [5.41, 5.74) is 4.50. The topological polar surface area (TPSA) is 69.4 Å². The van der Waals surface area contributed by atoms with Crippen LogP contribution in [-0.4, -0.2) is 24.7 Å². The zero-order chi connectivity index (χ0) is 13.1. The maximum absolute atomic E-state index is 11.8. The van der Waals surface area contributed by atoms with Crippen molar-refractivity contribution in [2.75, 3.05) is 6.61 Å². The average molecular weight is 247 g/mol. The normalized spacial score (nSPS) is 11.0. The third kappa shape index (κ3) is 3.78. The summed E-state index contributed by atoms with van der Waals surface area (Å²) in [7, 11) is 0. The molecule has 0 aromatic heterocycles. The highest BCUT2D eigenvalue weighted by atomic mass is 19.4. The number of rotatable bonds is 3. The van der Waals surface area contributed by atoms with Crippen molar-refractivity contribution in [1.29, 1.82) is 0 Å². The number of benzene rings is 1. The van der Waals surface area contributed by atoms with Gasteiger partial charge in [0.1, 0.15) is 0 Å². The number of carbonyl (C=O) groups excluding carboxylic acids is 2. The van der Waals surface area contributed by atoms with Crippen LogP contribution >= 0.6 is 0 Å². The van der Waals surface area contributed by atoms with Crippen LogP contribution in [-0.2, 0) is 4.74 Å². The first-order valence-electron chi connectivity index (χ1n) is 4.44. The first-order valence-corrected chi connectivity index (χ1v) is 4.44. The predicted molar refractivity (Wildman–Crippen MR) is 51.3 cm³/mol. The number of amides is 1. The highest BCUT2D eigenvalue weighted by molar-refractivity contribution is 6.04. The highest BCUT2D eigenvalue weighted by Gasteiger charge is 2.30. The first kappa shape index (κ1) is 13.0. The van der Waals surface area contributed by atoms with Gasteiger partial charge >= 0.3 is 12.1 Å². The molecule has 0 fully saturated rings. The molecule has 0 aliphatic carbocycles. The Hall–Kier alpha value is -2.05. The second-order valence-corrected chi connectivity index (χ2v) is 3.10. The molecule has 1 rings (SSSR count). The molecule has 17 heavy (non-hydrogen) atoms. The molecule has 92 valence electrons. The lowest BCUT2D eigenvalue weighted by Gasteiger charge is -2.09. The Kier molecular flexibility index (Phi) is 3.72. The van der Waals surface area contributed by atoms with Crippen LogP contribution < -0.4 is 5.73 Å². The molecule has 0 aliphatic heterocycles. The lowest BCUT2D eigenvalue weighted by molar-refractivity contribution is -0.161. The monoisotopic (exact) mass is 247 g/mol. The van der Waals surface area contributed by atoms with E-state index in [9.17, 15) is 22.8 Å². The third-order valence-corrected chi connectivity index (χ3v) is 1.78. The van der Waals surface area contributed by atoms with Crippen LogP contribution in [0, 0.1) is 0 Å². The van der Waals surface area contributed by atoms with Gasteiger partial charge in [-0.25, -0.2) is 4.79 Å². The fraction of sp³-hybridized carbons (Fsp3) is 0.200. The summed E-state index contributed by atoms with van der Waals surface area (Å²) in [6, 6.07) is 5.21. The minimum absolute atomic E-state index is 0.181. The van der Waals surface area contributed by atoms with E-state index in [1.807, 2.05) is 0 Å². The third-order valence-electron chi connectivity index (χ3n) is 1.78. The number of hydrogen-bond acceptors (Lipinski definition) is 3. The van der Waals surface area contributed by atoms with Gasteiger partial charge in [0.15, 0.2) is 6.61 Å². The van der Waals surface area contributed by atoms with Gasteiger partial charge in [-0.3, -0.25) is 4.79 Å². The molecular weight excluding hydrogens is 239 g/mol. The van der Waals surface area contributed by atoms with Crippen molar-refractivity contribution < 1.29 is 27.5 Å². The number of halogens is 3. The highest BCUT2D eigenvalue weighted by Crippen LogP contribution is 2.16. The van der Waals surface area contributed by atoms with E-state index in [1.165, 1.54) is 24.3 Å². The molecule has 0 spiro atoms. The Bertz CT molecular complexity index is 443. The van der Waals surface area contributed by atoms with Gasteiger partial charge in [-0.1, -0.05) is 12.1 Å². The van der Waals surface area contributed by atoms with Crippen molar-refractivity contribution in [3.8, 4) is 0 Å². The Morgan fingerprint density at radius 1 is 1.18 bits per heavy atom. The van der Waals surface area contributed by atoms with E-state index in [4.69, 9.17) is 5.73 Å². The van der Waals surface area contributed by atoms with E-state index in [0.29, 0.717) is 0 Å². The lowest BCUT2D eigenvalue weighted by atomic mass is 10.1. The predicted octanol–water partition coefficient (Wildman–Crippen LogP) is 1.50. The Morgan fingerprint density at radius 2 is 1.71 bits per heavy atom. The summed E-state index contributed by atoms with van der Waals surface area (Å²) < 4.78 is 39.5. The molecule has 0 saturated heterocycles. The summed E-state index contributed by atoms with van der Waals surface area (Å²) in [6.07, 6.45) is -4.61. The Morgan fingerprint density at radius 3 is 2.18 bits per heavy atom. The minimum atomic E-state index is -4.61. The van der Waals surface area contributed by atoms with Crippen LogP contribution in [0.4, 0.5) is 13.2 Å². The number of hydrogen-bond donors (Lipinski definition) is 1. The fourth-order valence-electron chi connectivity index (χ4n) is 1.10. The van der Waals surface area contributed by atoms with E-state index in [2.05, 4.69) is 4.74 Å². The number of carbonyl (C=O) groups is 2. The van der Waals surface area contributed by atoms with Crippen LogP contribution in [0.1, 0.15) is 20.7 Å². The zero-order valence-electron chi connectivity index (χ0n) is 8.45. The second kappa shape index (κ2) is 4.86. The molecule has 1 amide bonds. The quantitative estimate of drug-likeness (QED) is 0.823. The lowest BCUT2D eigenvalue weighted by Crippen LogP contribution is -2.22. The average Bonchev–Trinajstić information content (AvgIpc) is 2.25. The molecule has 4 nitrogen and oxygen atoms in total. The minimum Gasteiger partial charge on any atom is -0.452 e. The van der Waals surface area contributed by atoms with Gasteiger partial charge < -0.3 is 10.5 Å². The first-order chi connectivity index (χ1) is 7.81. The van der Waals surface area contributed by atoms with Crippen molar-refractivity contribution in [2.45, 2.75) is 6.18 Å². The van der Waals surface area contributed by atoms with Gasteiger partial charge in [0.2, 0.25) is 5.91 Å². The van der Waals surface area contributed by atoms with Crippen molar-refractivity contribution in [3.63, 3.8) is 0 Å². The van der Waals surface area contributed by atoms with E-state index in [1.54, 1.807) is 0 Å². The molecular formula is C10H8F3NO3. The smallest absolute Gasteiger partial charge is 0.422 e. The Labute approximate surface area is 94.2 Å². The van der Waals surface area contributed by atoms with Crippen molar-refractivity contribution >= 4 is 11.9 Å². The summed E-state index contributed by atoms with van der Waals surface area (Å²) >= 11 is 0. The summed E-state index contributed by atoms with van der Waals surface area (Å²) in [4.78, 5) is 22.2. The van der Waals surface area contributed by atoms with Crippen LogP contribution in [0.25, 0.3) is 0 Å². The molecule has 0 radical (unpaired) electrons. The second-order valence-electron chi connectivity index (χ2n) is 3.10. The van der Waals surface area contributed by atoms with Crippen LogP contribution in [0.15, 0.2) is 24.3 Å². The maximum atomic E-state index is 11.8. The molecule has 7 heteroatoms. The standard InChI is InChI=1S/C10H8F3NO3/c11-10(12,13)5-17-9(16)7-4-2-1-3-6(7)8(14)15/h1-4H,5H2,(H2,14,15). The Balaban J connectivity index is 2.86. The summed E-state index contributed by atoms with van der Waals surface area (Å²) in [6.45, 7) is -1.71. The largest absolute Gasteiger partial charge is 0.452 e. The zero-order valence-corrected chi connectivity index (χ0v) is 8.45. The number of esters is 1. The van der Waals surface area contributed by atoms with E-state index >= 15 is 0 Å². The van der Waals surface area contributed by atoms with Crippen molar-refractivity contribution in [3.05, 3.63) is 35.4 Å².